The van der Waals surface area contributed by atoms with Crippen LogP contribution in [0.5, 0.6) is 5.75 Å². The molecule has 3 N–H and O–H groups in total. The van der Waals surface area contributed by atoms with Crippen molar-refractivity contribution in [1.29, 1.82) is 0 Å². The molecular formula is C11H16ClNO. The van der Waals surface area contributed by atoms with E-state index < -0.39 is 0 Å². The highest BCUT2D eigenvalue weighted by Crippen LogP contribution is 2.25. The molecule has 0 amide bonds. The summed E-state index contributed by atoms with van der Waals surface area (Å²) in [7, 11) is 0. The van der Waals surface area contributed by atoms with E-state index in [1.807, 2.05) is 19.1 Å². The van der Waals surface area contributed by atoms with Crippen molar-refractivity contribution in [3.8, 4) is 5.75 Å². The molecule has 1 aromatic rings. The van der Waals surface area contributed by atoms with Crippen LogP contribution in [0.2, 0.25) is 0 Å². The average Bonchev–Trinajstić information content (AvgIpc) is 2.03. The molecule has 1 atom stereocenters. The highest BCUT2D eigenvalue weighted by atomic mass is 35.5. The second kappa shape index (κ2) is 5.68. The van der Waals surface area contributed by atoms with Crippen LogP contribution in [0.1, 0.15) is 24.9 Å². The van der Waals surface area contributed by atoms with Gasteiger partial charge in [-0.25, -0.2) is 0 Å². The molecule has 78 valence electrons. The summed E-state index contributed by atoms with van der Waals surface area (Å²) in [5.41, 5.74) is 7.68. The molecule has 0 saturated carbocycles. The van der Waals surface area contributed by atoms with Gasteiger partial charge in [0.2, 0.25) is 0 Å². The average molecular weight is 214 g/mol. The Balaban J connectivity index is 0.00000169. The van der Waals surface area contributed by atoms with Gasteiger partial charge < -0.3 is 10.8 Å². The number of hydrogen-bond donors (Lipinski definition) is 2. The van der Waals surface area contributed by atoms with Crippen LogP contribution in [0, 0.1) is 0 Å². The number of para-hydroxylation sites is 1. The summed E-state index contributed by atoms with van der Waals surface area (Å²) in [6.07, 6.45) is 0.706. The lowest BCUT2D eigenvalue weighted by Gasteiger charge is -2.12. The van der Waals surface area contributed by atoms with Gasteiger partial charge in [-0.3, -0.25) is 0 Å². The van der Waals surface area contributed by atoms with Crippen LogP contribution in [0.15, 0.2) is 36.4 Å². The van der Waals surface area contributed by atoms with Crippen molar-refractivity contribution in [3.63, 3.8) is 0 Å². The molecule has 0 aliphatic carbocycles. The molecule has 0 unspecified atom stereocenters. The molecule has 0 spiro atoms. The maximum absolute atomic E-state index is 9.48. The van der Waals surface area contributed by atoms with Crippen LogP contribution < -0.4 is 5.73 Å². The van der Waals surface area contributed by atoms with Gasteiger partial charge in [0, 0.05) is 11.6 Å². The van der Waals surface area contributed by atoms with Gasteiger partial charge in [0.05, 0.1) is 0 Å². The first-order chi connectivity index (χ1) is 6.11. The predicted octanol–water partition coefficient (Wildman–Crippen LogP) is 2.78. The summed E-state index contributed by atoms with van der Waals surface area (Å²) < 4.78 is 0. The minimum atomic E-state index is -0.154. The minimum Gasteiger partial charge on any atom is -0.508 e. The fourth-order valence-electron chi connectivity index (χ4n) is 1.29. The number of nitrogens with two attached hydrogens (primary N) is 1. The van der Waals surface area contributed by atoms with Gasteiger partial charge in [-0.15, -0.1) is 19.0 Å². The van der Waals surface area contributed by atoms with Crippen molar-refractivity contribution >= 4 is 12.4 Å². The number of rotatable bonds is 3. The molecule has 0 aliphatic rings. The number of halogens is 1. The van der Waals surface area contributed by atoms with E-state index in [-0.39, 0.29) is 24.2 Å². The quantitative estimate of drug-likeness (QED) is 0.759. The predicted molar refractivity (Wildman–Crippen MR) is 61.7 cm³/mol. The molecule has 0 saturated heterocycles. The fourth-order valence-corrected chi connectivity index (χ4v) is 1.29. The van der Waals surface area contributed by atoms with E-state index in [0.717, 1.165) is 11.1 Å². The van der Waals surface area contributed by atoms with E-state index in [1.165, 1.54) is 0 Å². The monoisotopic (exact) mass is 213 g/mol. The molecule has 14 heavy (non-hydrogen) atoms. The first kappa shape index (κ1) is 13.0. The zero-order chi connectivity index (χ0) is 9.84. The summed E-state index contributed by atoms with van der Waals surface area (Å²) in [6, 6.07) is 6.98. The van der Waals surface area contributed by atoms with Gasteiger partial charge in [0.1, 0.15) is 5.75 Å². The first-order valence-electron chi connectivity index (χ1n) is 4.29. The van der Waals surface area contributed by atoms with Gasteiger partial charge >= 0.3 is 0 Å². The Bertz CT molecular complexity index is 312. The zero-order valence-corrected chi connectivity index (χ0v) is 9.05. The fraction of sp³-hybridized carbons (Fsp3) is 0.273. The zero-order valence-electron chi connectivity index (χ0n) is 8.23. The normalized spacial score (nSPS) is 11.6. The molecule has 3 heteroatoms. The molecule has 0 aliphatic heterocycles. The van der Waals surface area contributed by atoms with Crippen molar-refractivity contribution in [2.24, 2.45) is 5.73 Å². The first-order valence-corrected chi connectivity index (χ1v) is 4.29. The van der Waals surface area contributed by atoms with Crippen LogP contribution in [-0.2, 0) is 0 Å². The second-order valence-electron chi connectivity index (χ2n) is 3.33. The van der Waals surface area contributed by atoms with Crippen LogP contribution in [0.25, 0.3) is 0 Å². The van der Waals surface area contributed by atoms with Crippen LogP contribution in [0.4, 0.5) is 0 Å². The third-order valence-corrected chi connectivity index (χ3v) is 1.90. The topological polar surface area (TPSA) is 46.2 Å². The highest BCUT2D eigenvalue weighted by Gasteiger charge is 2.09. The van der Waals surface area contributed by atoms with E-state index in [1.54, 1.807) is 12.1 Å². The summed E-state index contributed by atoms with van der Waals surface area (Å²) in [4.78, 5) is 0. The molecule has 1 rings (SSSR count). The second-order valence-corrected chi connectivity index (χ2v) is 3.33. The maximum atomic E-state index is 9.48. The van der Waals surface area contributed by atoms with Crippen molar-refractivity contribution in [3.05, 3.63) is 42.0 Å². The number of phenolic OH excluding ortho intramolecular Hbond substituents is 1. The largest absolute Gasteiger partial charge is 0.508 e. The van der Waals surface area contributed by atoms with Crippen LogP contribution in [0.3, 0.4) is 0 Å². The Morgan fingerprint density at radius 2 is 2.07 bits per heavy atom. The molecule has 2 nitrogen and oxygen atoms in total. The molecule has 0 heterocycles. The van der Waals surface area contributed by atoms with E-state index >= 15 is 0 Å². The van der Waals surface area contributed by atoms with E-state index in [2.05, 4.69) is 6.58 Å². The summed E-state index contributed by atoms with van der Waals surface area (Å²) in [6.45, 7) is 5.72. The molecule has 0 radical (unpaired) electrons. The molecule has 0 fully saturated rings. The lowest BCUT2D eigenvalue weighted by Crippen LogP contribution is -2.10. The van der Waals surface area contributed by atoms with Crippen LogP contribution >= 0.6 is 12.4 Å². The Kier molecular flexibility index (Phi) is 5.28. The lowest BCUT2D eigenvalue weighted by molar-refractivity contribution is 0.461. The van der Waals surface area contributed by atoms with E-state index in [4.69, 9.17) is 5.73 Å². The SMILES string of the molecule is C=C(C)C[C@@H](N)c1ccccc1O.Cl. The van der Waals surface area contributed by atoms with Gasteiger partial charge in [-0.05, 0) is 19.4 Å². The Morgan fingerprint density at radius 3 is 2.57 bits per heavy atom. The van der Waals surface area contributed by atoms with Crippen molar-refractivity contribution in [1.82, 2.24) is 0 Å². The minimum absolute atomic E-state index is 0. The maximum Gasteiger partial charge on any atom is 0.120 e. The lowest BCUT2D eigenvalue weighted by atomic mass is 10.0. The smallest absolute Gasteiger partial charge is 0.120 e. The molecule has 0 aromatic heterocycles. The molecular weight excluding hydrogens is 198 g/mol. The Hall–Kier alpha value is -0.990. The third kappa shape index (κ3) is 3.40. The van der Waals surface area contributed by atoms with Gasteiger partial charge in [0.15, 0.2) is 0 Å². The highest BCUT2D eigenvalue weighted by molar-refractivity contribution is 5.85. The summed E-state index contributed by atoms with van der Waals surface area (Å²) in [5, 5.41) is 9.48. The van der Waals surface area contributed by atoms with E-state index in [9.17, 15) is 5.11 Å². The standard InChI is InChI=1S/C11H15NO.ClH/c1-8(2)7-10(12)9-5-3-4-6-11(9)13;/h3-6,10,13H,1,7,12H2,2H3;1H/t10-;/m1./s1. The van der Waals surface area contributed by atoms with Crippen molar-refractivity contribution in [2.45, 2.75) is 19.4 Å². The molecule has 1 aromatic carbocycles. The number of phenols is 1. The van der Waals surface area contributed by atoms with Crippen LogP contribution in [-0.4, -0.2) is 5.11 Å². The van der Waals surface area contributed by atoms with Gasteiger partial charge in [-0.2, -0.15) is 0 Å². The Labute approximate surface area is 90.9 Å². The van der Waals surface area contributed by atoms with Gasteiger partial charge in [0.25, 0.3) is 0 Å². The Morgan fingerprint density at radius 1 is 1.50 bits per heavy atom. The summed E-state index contributed by atoms with van der Waals surface area (Å²) >= 11 is 0. The number of benzene rings is 1. The van der Waals surface area contributed by atoms with Gasteiger partial charge in [-0.1, -0.05) is 23.8 Å². The number of hydrogen-bond acceptors (Lipinski definition) is 2. The van der Waals surface area contributed by atoms with E-state index in [0.29, 0.717) is 6.42 Å². The number of aromatic hydroxyl groups is 1. The third-order valence-electron chi connectivity index (χ3n) is 1.90. The molecule has 0 bridgehead atoms. The van der Waals surface area contributed by atoms with Crippen molar-refractivity contribution in [2.75, 3.05) is 0 Å². The van der Waals surface area contributed by atoms with Crippen molar-refractivity contribution < 1.29 is 5.11 Å². The summed E-state index contributed by atoms with van der Waals surface area (Å²) in [5.74, 6) is 0.260.